The van der Waals surface area contributed by atoms with Gasteiger partial charge >= 0.3 is 0 Å². The Balaban J connectivity index is 2.99. The fourth-order valence-electron chi connectivity index (χ4n) is 1.48. The highest BCUT2D eigenvalue weighted by Crippen LogP contribution is 2.14. The Labute approximate surface area is 80.2 Å². The highest BCUT2D eigenvalue weighted by molar-refractivity contribution is 5.56. The Morgan fingerprint density at radius 2 is 2.07 bits per heavy atom. The highest BCUT2D eigenvalue weighted by Gasteiger charge is 2.04. The molecule has 2 aromatic rings. The molecule has 0 spiro atoms. The van der Waals surface area contributed by atoms with Gasteiger partial charge in [-0.3, -0.25) is 4.79 Å². The summed E-state index contributed by atoms with van der Waals surface area (Å²) in [5, 5.41) is 9.49. The van der Waals surface area contributed by atoms with Crippen LogP contribution < -0.4 is 11.3 Å². The Morgan fingerprint density at radius 1 is 1.29 bits per heavy atom. The average Bonchev–Trinajstić information content (AvgIpc) is 2.18. The molecular weight excluding hydrogens is 180 g/mol. The SMILES string of the molecule is NCc1ccc(O)n2c(=O)cccc12. The monoisotopic (exact) mass is 190 g/mol. The fraction of sp³-hybridized carbons (Fsp3) is 0.100. The van der Waals surface area contributed by atoms with Crippen LogP contribution in [0.3, 0.4) is 0 Å². The van der Waals surface area contributed by atoms with E-state index in [2.05, 4.69) is 0 Å². The molecule has 72 valence electrons. The molecule has 0 fully saturated rings. The van der Waals surface area contributed by atoms with Gasteiger partial charge in [-0.2, -0.15) is 0 Å². The zero-order chi connectivity index (χ0) is 10.1. The minimum Gasteiger partial charge on any atom is -0.494 e. The van der Waals surface area contributed by atoms with Crippen LogP contribution in [0.2, 0.25) is 0 Å². The first-order valence-electron chi connectivity index (χ1n) is 4.27. The smallest absolute Gasteiger partial charge is 0.257 e. The van der Waals surface area contributed by atoms with Crippen molar-refractivity contribution in [2.24, 2.45) is 5.73 Å². The molecule has 0 saturated heterocycles. The molecule has 2 rings (SSSR count). The fourth-order valence-corrected chi connectivity index (χ4v) is 1.48. The number of nitrogens with zero attached hydrogens (tertiary/aromatic N) is 1. The number of pyridine rings is 2. The minimum atomic E-state index is -0.254. The van der Waals surface area contributed by atoms with Crippen LogP contribution in [0.1, 0.15) is 5.56 Å². The van der Waals surface area contributed by atoms with Gasteiger partial charge in [-0.05, 0) is 17.7 Å². The van der Waals surface area contributed by atoms with E-state index in [1.165, 1.54) is 16.5 Å². The van der Waals surface area contributed by atoms with E-state index in [-0.39, 0.29) is 11.4 Å². The number of aromatic nitrogens is 1. The van der Waals surface area contributed by atoms with Gasteiger partial charge in [0.2, 0.25) is 0 Å². The molecule has 0 saturated carbocycles. The summed E-state index contributed by atoms with van der Waals surface area (Å²) in [5.41, 5.74) is 6.75. The van der Waals surface area contributed by atoms with E-state index in [1.54, 1.807) is 18.2 Å². The van der Waals surface area contributed by atoms with Crippen molar-refractivity contribution in [3.63, 3.8) is 0 Å². The molecule has 0 unspecified atom stereocenters. The van der Waals surface area contributed by atoms with Crippen molar-refractivity contribution in [1.29, 1.82) is 0 Å². The summed E-state index contributed by atoms with van der Waals surface area (Å²) in [6, 6.07) is 7.98. The van der Waals surface area contributed by atoms with Crippen molar-refractivity contribution in [2.75, 3.05) is 0 Å². The maximum atomic E-state index is 11.4. The lowest BCUT2D eigenvalue weighted by molar-refractivity contribution is 0.443. The zero-order valence-corrected chi connectivity index (χ0v) is 7.47. The van der Waals surface area contributed by atoms with Gasteiger partial charge in [0.25, 0.3) is 5.56 Å². The number of fused-ring (bicyclic) bond motifs is 1. The normalized spacial score (nSPS) is 10.6. The van der Waals surface area contributed by atoms with Crippen LogP contribution >= 0.6 is 0 Å². The molecule has 2 aromatic heterocycles. The second-order valence-corrected chi connectivity index (χ2v) is 3.01. The molecule has 0 aromatic carbocycles. The molecule has 0 bridgehead atoms. The molecule has 4 heteroatoms. The quantitative estimate of drug-likeness (QED) is 0.686. The number of rotatable bonds is 1. The van der Waals surface area contributed by atoms with E-state index < -0.39 is 0 Å². The van der Waals surface area contributed by atoms with Crippen LogP contribution in [-0.2, 0) is 6.54 Å². The van der Waals surface area contributed by atoms with Crippen molar-refractivity contribution in [3.8, 4) is 5.88 Å². The van der Waals surface area contributed by atoms with Crippen molar-refractivity contribution in [2.45, 2.75) is 6.54 Å². The first-order valence-corrected chi connectivity index (χ1v) is 4.27. The van der Waals surface area contributed by atoms with Gasteiger partial charge in [0.05, 0.1) is 5.52 Å². The van der Waals surface area contributed by atoms with E-state index >= 15 is 0 Å². The lowest BCUT2D eigenvalue weighted by Crippen LogP contribution is -2.13. The molecule has 2 heterocycles. The first kappa shape index (κ1) is 8.77. The average molecular weight is 190 g/mol. The van der Waals surface area contributed by atoms with Gasteiger partial charge in [-0.1, -0.05) is 12.1 Å². The molecular formula is C10H10N2O2. The van der Waals surface area contributed by atoms with Crippen LogP contribution in [0.4, 0.5) is 0 Å². The van der Waals surface area contributed by atoms with Gasteiger partial charge in [-0.25, -0.2) is 4.40 Å². The summed E-state index contributed by atoms with van der Waals surface area (Å²) in [6.07, 6.45) is 0. The van der Waals surface area contributed by atoms with E-state index in [0.29, 0.717) is 12.1 Å². The number of hydrogen-bond acceptors (Lipinski definition) is 3. The third kappa shape index (κ3) is 1.16. The molecule has 0 aliphatic carbocycles. The first-order chi connectivity index (χ1) is 6.74. The zero-order valence-electron chi connectivity index (χ0n) is 7.47. The Bertz CT molecular complexity index is 531. The van der Waals surface area contributed by atoms with Crippen molar-refractivity contribution in [3.05, 3.63) is 46.2 Å². The summed E-state index contributed by atoms with van der Waals surface area (Å²) in [6.45, 7) is 0.341. The van der Waals surface area contributed by atoms with Crippen LogP contribution in [0, 0.1) is 0 Å². The summed E-state index contributed by atoms with van der Waals surface area (Å²) >= 11 is 0. The maximum absolute atomic E-state index is 11.4. The van der Waals surface area contributed by atoms with Crippen molar-refractivity contribution in [1.82, 2.24) is 4.40 Å². The van der Waals surface area contributed by atoms with Crippen molar-refractivity contribution >= 4 is 5.52 Å². The summed E-state index contributed by atoms with van der Waals surface area (Å²) in [5.74, 6) is -0.0669. The predicted molar refractivity (Wildman–Crippen MR) is 53.2 cm³/mol. The van der Waals surface area contributed by atoms with Gasteiger partial charge < -0.3 is 10.8 Å². The maximum Gasteiger partial charge on any atom is 0.257 e. The van der Waals surface area contributed by atoms with E-state index in [4.69, 9.17) is 5.73 Å². The van der Waals surface area contributed by atoms with Crippen LogP contribution in [-0.4, -0.2) is 9.51 Å². The van der Waals surface area contributed by atoms with Gasteiger partial charge in [-0.15, -0.1) is 0 Å². The molecule has 3 N–H and O–H groups in total. The topological polar surface area (TPSA) is 67.7 Å². The van der Waals surface area contributed by atoms with E-state index in [1.807, 2.05) is 0 Å². The molecule has 0 amide bonds. The third-order valence-corrected chi connectivity index (χ3v) is 2.17. The Kier molecular flexibility index (Phi) is 1.98. The summed E-state index contributed by atoms with van der Waals surface area (Å²) in [4.78, 5) is 11.4. The molecule has 4 nitrogen and oxygen atoms in total. The van der Waals surface area contributed by atoms with Gasteiger partial charge in [0.15, 0.2) is 5.88 Å². The van der Waals surface area contributed by atoms with Gasteiger partial charge in [0.1, 0.15) is 0 Å². The Morgan fingerprint density at radius 3 is 2.79 bits per heavy atom. The van der Waals surface area contributed by atoms with E-state index in [0.717, 1.165) is 5.56 Å². The van der Waals surface area contributed by atoms with Crippen LogP contribution in [0.5, 0.6) is 5.88 Å². The largest absolute Gasteiger partial charge is 0.494 e. The van der Waals surface area contributed by atoms with Crippen LogP contribution in [0.15, 0.2) is 35.1 Å². The standard InChI is InChI=1S/C10H10N2O2/c11-6-7-4-5-10(14)12-8(7)2-1-3-9(12)13/h1-5,14H,6,11H2. The predicted octanol–water partition coefficient (Wildman–Crippen LogP) is 0.464. The second-order valence-electron chi connectivity index (χ2n) is 3.01. The summed E-state index contributed by atoms with van der Waals surface area (Å²) < 4.78 is 1.24. The van der Waals surface area contributed by atoms with E-state index in [9.17, 15) is 9.90 Å². The minimum absolute atomic E-state index is 0.0669. The third-order valence-electron chi connectivity index (χ3n) is 2.17. The molecule has 0 aliphatic heterocycles. The second kappa shape index (κ2) is 3.16. The lowest BCUT2D eigenvalue weighted by atomic mass is 10.2. The van der Waals surface area contributed by atoms with Crippen molar-refractivity contribution < 1.29 is 5.11 Å². The number of nitrogens with two attached hydrogens (primary N) is 1. The summed E-state index contributed by atoms with van der Waals surface area (Å²) in [7, 11) is 0. The van der Waals surface area contributed by atoms with Crippen LogP contribution in [0.25, 0.3) is 5.52 Å². The number of hydrogen-bond donors (Lipinski definition) is 2. The molecule has 0 radical (unpaired) electrons. The molecule has 0 aliphatic rings. The lowest BCUT2D eigenvalue weighted by Gasteiger charge is -2.06. The highest BCUT2D eigenvalue weighted by atomic mass is 16.3. The Hall–Kier alpha value is -1.81. The molecule has 0 atom stereocenters. The van der Waals surface area contributed by atoms with Gasteiger partial charge in [0, 0.05) is 12.6 Å². The molecule has 14 heavy (non-hydrogen) atoms. The number of aromatic hydroxyl groups is 1.